The van der Waals surface area contributed by atoms with Gasteiger partial charge in [0.05, 0.1) is 11.0 Å². The first-order valence-electron chi connectivity index (χ1n) is 10.2. The van der Waals surface area contributed by atoms with Crippen molar-refractivity contribution >= 4 is 11.0 Å². The van der Waals surface area contributed by atoms with Crippen LogP contribution in [0.1, 0.15) is 69.8 Å². The summed E-state index contributed by atoms with van der Waals surface area (Å²) in [6.45, 7) is 4.78. The van der Waals surface area contributed by atoms with Crippen molar-refractivity contribution in [2.75, 3.05) is 13.1 Å². The lowest BCUT2D eigenvalue weighted by Gasteiger charge is -2.41. The van der Waals surface area contributed by atoms with E-state index in [1.165, 1.54) is 70.0 Å². The molecule has 1 aliphatic heterocycles. The van der Waals surface area contributed by atoms with Crippen molar-refractivity contribution in [2.24, 2.45) is 5.92 Å². The first-order valence-corrected chi connectivity index (χ1v) is 10.2. The molecular weight excluding hydrogens is 310 g/mol. The van der Waals surface area contributed by atoms with Crippen LogP contribution in [0.3, 0.4) is 0 Å². The number of hydrogen-bond acceptors (Lipinski definition) is 2. The summed E-state index contributed by atoms with van der Waals surface area (Å²) in [4.78, 5) is 19.9. The van der Waals surface area contributed by atoms with E-state index in [0.29, 0.717) is 5.92 Å². The highest BCUT2D eigenvalue weighted by Crippen LogP contribution is 2.35. The molecule has 2 aromatic rings. The van der Waals surface area contributed by atoms with E-state index in [0.717, 1.165) is 23.0 Å². The Morgan fingerprint density at radius 2 is 1.72 bits per heavy atom. The molecule has 4 nitrogen and oxygen atoms in total. The molecule has 25 heavy (non-hydrogen) atoms. The van der Waals surface area contributed by atoms with Gasteiger partial charge in [-0.3, -0.25) is 0 Å². The number of nitrogens with one attached hydrogen (secondary N) is 2. The van der Waals surface area contributed by atoms with Gasteiger partial charge in [-0.2, -0.15) is 0 Å². The van der Waals surface area contributed by atoms with Crippen LogP contribution in [0.4, 0.5) is 0 Å². The lowest BCUT2D eigenvalue weighted by atomic mass is 9.81. The van der Waals surface area contributed by atoms with Crippen molar-refractivity contribution < 1.29 is 0 Å². The van der Waals surface area contributed by atoms with Gasteiger partial charge in [-0.25, -0.2) is 4.79 Å². The summed E-state index contributed by atoms with van der Waals surface area (Å²) in [5.41, 5.74) is 3.13. The molecule has 4 heteroatoms. The van der Waals surface area contributed by atoms with Crippen LogP contribution in [0.15, 0.2) is 23.0 Å². The van der Waals surface area contributed by atoms with E-state index >= 15 is 0 Å². The van der Waals surface area contributed by atoms with Crippen LogP contribution in [0, 0.1) is 5.92 Å². The second-order valence-corrected chi connectivity index (χ2v) is 8.16. The smallest absolute Gasteiger partial charge is 0.306 e. The van der Waals surface area contributed by atoms with E-state index in [1.807, 2.05) is 6.07 Å². The fourth-order valence-corrected chi connectivity index (χ4v) is 5.11. The molecule has 1 aromatic heterocycles. The van der Waals surface area contributed by atoms with Crippen LogP contribution >= 0.6 is 0 Å². The summed E-state index contributed by atoms with van der Waals surface area (Å²) in [7, 11) is 0. The zero-order chi connectivity index (χ0) is 17.2. The standard InChI is InChI=1S/C21H31N3O/c1-2-3-15-4-7-18(8-5-15)24-12-10-16(11-13-24)17-6-9-19-20(14-17)23-21(25)22-19/h6,9,14-16,18H,2-5,7-8,10-13H2,1H3,(H2,22,23,25). The maximum atomic E-state index is 11.4. The van der Waals surface area contributed by atoms with Gasteiger partial charge in [-0.1, -0.05) is 25.8 Å². The molecule has 1 saturated carbocycles. The van der Waals surface area contributed by atoms with Gasteiger partial charge < -0.3 is 14.9 Å². The third-order valence-corrected chi connectivity index (χ3v) is 6.57. The zero-order valence-corrected chi connectivity index (χ0v) is 15.4. The molecule has 1 saturated heterocycles. The van der Waals surface area contributed by atoms with Gasteiger partial charge in [0.25, 0.3) is 0 Å². The lowest BCUT2D eigenvalue weighted by Crippen LogP contribution is -2.42. The Balaban J connectivity index is 1.34. The van der Waals surface area contributed by atoms with Crippen LogP contribution < -0.4 is 5.69 Å². The molecule has 0 amide bonds. The predicted octanol–water partition coefficient (Wildman–Crippen LogP) is 4.39. The highest BCUT2D eigenvalue weighted by Gasteiger charge is 2.29. The molecular formula is C21H31N3O. The Morgan fingerprint density at radius 3 is 2.44 bits per heavy atom. The Bertz CT molecular complexity index is 746. The summed E-state index contributed by atoms with van der Waals surface area (Å²) in [5, 5.41) is 0. The second kappa shape index (κ2) is 7.36. The summed E-state index contributed by atoms with van der Waals surface area (Å²) in [5.74, 6) is 1.63. The Morgan fingerprint density at radius 1 is 1.00 bits per heavy atom. The number of imidazole rings is 1. The molecule has 1 aliphatic carbocycles. The van der Waals surface area contributed by atoms with E-state index in [4.69, 9.17) is 0 Å². The van der Waals surface area contributed by atoms with Gasteiger partial charge in [0, 0.05) is 6.04 Å². The number of likely N-dealkylation sites (tertiary alicyclic amines) is 1. The second-order valence-electron chi connectivity index (χ2n) is 8.16. The van der Waals surface area contributed by atoms with E-state index in [2.05, 4.69) is 33.9 Å². The minimum atomic E-state index is -0.111. The minimum absolute atomic E-state index is 0.111. The Labute approximate surface area is 150 Å². The molecule has 2 N–H and O–H groups in total. The number of aromatic nitrogens is 2. The Kier molecular flexibility index (Phi) is 4.98. The summed E-state index contributed by atoms with van der Waals surface area (Å²) in [6.07, 6.45) is 11.0. The maximum absolute atomic E-state index is 11.4. The van der Waals surface area contributed by atoms with Crippen LogP contribution in [0.25, 0.3) is 11.0 Å². The Hall–Kier alpha value is -1.55. The lowest BCUT2D eigenvalue weighted by molar-refractivity contribution is 0.106. The molecule has 0 radical (unpaired) electrons. The fraction of sp³-hybridized carbons (Fsp3) is 0.667. The molecule has 0 unspecified atom stereocenters. The number of hydrogen-bond donors (Lipinski definition) is 2. The van der Waals surface area contributed by atoms with Gasteiger partial charge >= 0.3 is 5.69 Å². The number of rotatable bonds is 4. The average molecular weight is 341 g/mol. The molecule has 0 spiro atoms. The summed E-state index contributed by atoms with van der Waals surface area (Å²) < 4.78 is 0. The van der Waals surface area contributed by atoms with Gasteiger partial charge in [0.2, 0.25) is 0 Å². The monoisotopic (exact) mass is 341 g/mol. The number of piperidine rings is 1. The van der Waals surface area contributed by atoms with Crippen LogP contribution in [0.2, 0.25) is 0 Å². The highest BCUT2D eigenvalue weighted by atomic mass is 16.1. The molecule has 0 bridgehead atoms. The first-order chi connectivity index (χ1) is 12.2. The largest absolute Gasteiger partial charge is 0.323 e. The maximum Gasteiger partial charge on any atom is 0.323 e. The van der Waals surface area contributed by atoms with Crippen LogP contribution in [-0.2, 0) is 0 Å². The number of H-pyrrole nitrogens is 2. The van der Waals surface area contributed by atoms with E-state index in [1.54, 1.807) is 0 Å². The number of benzene rings is 1. The summed E-state index contributed by atoms with van der Waals surface area (Å²) >= 11 is 0. The fourth-order valence-electron chi connectivity index (χ4n) is 5.11. The van der Waals surface area contributed by atoms with E-state index in [9.17, 15) is 4.79 Å². The van der Waals surface area contributed by atoms with E-state index in [-0.39, 0.29) is 5.69 Å². The molecule has 2 aliphatic rings. The topological polar surface area (TPSA) is 51.9 Å². The third kappa shape index (κ3) is 3.69. The highest BCUT2D eigenvalue weighted by molar-refractivity contribution is 5.75. The minimum Gasteiger partial charge on any atom is -0.306 e. The molecule has 136 valence electrons. The number of nitrogens with zero attached hydrogens (tertiary/aromatic N) is 1. The van der Waals surface area contributed by atoms with Crippen LogP contribution in [0.5, 0.6) is 0 Å². The van der Waals surface area contributed by atoms with Crippen molar-refractivity contribution in [1.82, 2.24) is 14.9 Å². The quantitative estimate of drug-likeness (QED) is 0.866. The molecule has 2 fully saturated rings. The first kappa shape index (κ1) is 16.9. The molecule has 0 atom stereocenters. The zero-order valence-electron chi connectivity index (χ0n) is 15.4. The van der Waals surface area contributed by atoms with Gasteiger partial charge in [-0.15, -0.1) is 0 Å². The molecule has 1 aromatic carbocycles. The summed E-state index contributed by atoms with van der Waals surface area (Å²) in [6, 6.07) is 7.24. The van der Waals surface area contributed by atoms with Crippen molar-refractivity contribution in [3.63, 3.8) is 0 Å². The van der Waals surface area contributed by atoms with E-state index < -0.39 is 0 Å². The van der Waals surface area contributed by atoms with Gasteiger partial charge in [0.1, 0.15) is 0 Å². The van der Waals surface area contributed by atoms with Crippen molar-refractivity contribution in [3.8, 4) is 0 Å². The van der Waals surface area contributed by atoms with Crippen molar-refractivity contribution in [1.29, 1.82) is 0 Å². The van der Waals surface area contributed by atoms with Gasteiger partial charge in [0.15, 0.2) is 0 Å². The van der Waals surface area contributed by atoms with Gasteiger partial charge in [-0.05, 0) is 81.1 Å². The number of fused-ring (bicyclic) bond motifs is 1. The van der Waals surface area contributed by atoms with Crippen LogP contribution in [-0.4, -0.2) is 34.0 Å². The molecule has 2 heterocycles. The average Bonchev–Trinajstić information content (AvgIpc) is 3.02. The van der Waals surface area contributed by atoms with Crippen molar-refractivity contribution in [2.45, 2.75) is 70.3 Å². The normalized spacial score (nSPS) is 26.3. The predicted molar refractivity (Wildman–Crippen MR) is 103 cm³/mol. The third-order valence-electron chi connectivity index (χ3n) is 6.57. The molecule has 4 rings (SSSR count). The number of aromatic amines is 2. The SMILES string of the molecule is CCCC1CCC(N2CCC(c3ccc4[nH]c(=O)[nH]c4c3)CC2)CC1. The van der Waals surface area contributed by atoms with Crippen molar-refractivity contribution in [3.05, 3.63) is 34.2 Å².